The summed E-state index contributed by atoms with van der Waals surface area (Å²) >= 11 is 12.8. The van der Waals surface area contributed by atoms with Crippen molar-refractivity contribution in [1.82, 2.24) is 10.5 Å². The molecule has 0 saturated heterocycles. The average molecular weight is 531 g/mol. The van der Waals surface area contributed by atoms with E-state index in [0.717, 1.165) is 11.1 Å². The molecule has 2 aromatic carbocycles. The summed E-state index contributed by atoms with van der Waals surface area (Å²) in [7, 11) is 0. The molecule has 0 radical (unpaired) electrons. The molecule has 0 fully saturated rings. The van der Waals surface area contributed by atoms with Gasteiger partial charge in [-0.1, -0.05) is 60.4 Å². The van der Waals surface area contributed by atoms with Gasteiger partial charge in [-0.15, -0.1) is 0 Å². The molecule has 1 N–H and O–H groups in total. The smallest absolute Gasteiger partial charge is 0.328 e. The van der Waals surface area contributed by atoms with E-state index in [1.165, 1.54) is 6.08 Å². The number of amides is 1. The van der Waals surface area contributed by atoms with Crippen LogP contribution in [0.25, 0.3) is 17.3 Å². The molecule has 3 aromatic rings. The Labute approximate surface area is 220 Å². The number of nitrogens with one attached hydrogen (secondary N) is 1. The van der Waals surface area contributed by atoms with Crippen LogP contribution in [-0.4, -0.2) is 29.7 Å². The number of rotatable bonds is 10. The number of hydrogen-bond donors (Lipinski definition) is 1. The van der Waals surface area contributed by atoms with Crippen LogP contribution in [0.3, 0.4) is 0 Å². The van der Waals surface area contributed by atoms with Crippen molar-refractivity contribution >= 4 is 41.2 Å². The van der Waals surface area contributed by atoms with Crippen molar-refractivity contribution in [3.05, 3.63) is 75.5 Å². The molecule has 36 heavy (non-hydrogen) atoms. The zero-order chi connectivity index (χ0) is 26.2. The third-order valence-electron chi connectivity index (χ3n) is 5.23. The van der Waals surface area contributed by atoms with Crippen LogP contribution in [0.4, 0.5) is 0 Å². The summed E-state index contributed by atoms with van der Waals surface area (Å²) in [6, 6.07) is 11.8. The van der Waals surface area contributed by atoms with Crippen molar-refractivity contribution in [2.75, 3.05) is 6.61 Å². The first kappa shape index (κ1) is 27.3. The number of hydrogen-bond acceptors (Lipinski definition) is 6. The fourth-order valence-corrected chi connectivity index (χ4v) is 4.00. The SMILES string of the molecule is CCOC(=O)[C@H](C)NC(=O)/C=C/c1ccc(OCc2c(-c3c(Cl)cccc3Cl)noc2C(C)C)cc1. The maximum atomic E-state index is 12.1. The largest absolute Gasteiger partial charge is 0.489 e. The van der Waals surface area contributed by atoms with Crippen LogP contribution in [-0.2, 0) is 20.9 Å². The molecular formula is C27H28Cl2N2O5. The van der Waals surface area contributed by atoms with Gasteiger partial charge in [0.1, 0.15) is 29.9 Å². The first-order valence-corrected chi connectivity index (χ1v) is 12.3. The van der Waals surface area contributed by atoms with E-state index in [1.54, 1.807) is 50.3 Å². The molecule has 1 aromatic heterocycles. The van der Waals surface area contributed by atoms with Crippen LogP contribution in [0.15, 0.2) is 53.1 Å². The highest BCUT2D eigenvalue weighted by molar-refractivity contribution is 6.39. The van der Waals surface area contributed by atoms with Gasteiger partial charge in [-0.2, -0.15) is 0 Å². The van der Waals surface area contributed by atoms with Gasteiger partial charge in [-0.3, -0.25) is 4.79 Å². The first-order chi connectivity index (χ1) is 17.2. The standard InChI is InChI=1S/C27H28Cl2N2O5/c1-5-34-27(33)17(4)30-23(32)14-11-18-9-12-19(13-10-18)35-15-20-25(31-36-26(20)16(2)3)24-21(28)7-6-8-22(24)29/h6-14,16-17H,5,15H2,1-4H3,(H,30,32)/b14-11+/t17-/m0/s1. The van der Waals surface area contributed by atoms with Gasteiger partial charge in [0.15, 0.2) is 0 Å². The number of benzene rings is 2. The number of carbonyl (C=O) groups is 2. The molecule has 0 aliphatic heterocycles. The van der Waals surface area contributed by atoms with Crippen molar-refractivity contribution < 1.29 is 23.6 Å². The molecule has 0 aliphatic carbocycles. The predicted octanol–water partition coefficient (Wildman–Crippen LogP) is 6.43. The Kier molecular flexibility index (Phi) is 9.56. The van der Waals surface area contributed by atoms with Crippen molar-refractivity contribution in [1.29, 1.82) is 0 Å². The lowest BCUT2D eigenvalue weighted by Crippen LogP contribution is -2.38. The fourth-order valence-electron chi connectivity index (χ4n) is 3.43. The van der Waals surface area contributed by atoms with Gasteiger partial charge in [0.05, 0.1) is 22.2 Å². The molecule has 0 unspecified atom stereocenters. The van der Waals surface area contributed by atoms with Crippen LogP contribution < -0.4 is 10.1 Å². The predicted molar refractivity (Wildman–Crippen MR) is 140 cm³/mol. The molecule has 1 amide bonds. The van der Waals surface area contributed by atoms with E-state index in [2.05, 4.69) is 10.5 Å². The summed E-state index contributed by atoms with van der Waals surface area (Å²) in [6.07, 6.45) is 3.00. The molecule has 0 aliphatic rings. The third-order valence-corrected chi connectivity index (χ3v) is 5.86. The number of carbonyl (C=O) groups excluding carboxylic acids is 2. The van der Waals surface area contributed by atoms with Gasteiger partial charge >= 0.3 is 5.97 Å². The quantitative estimate of drug-likeness (QED) is 0.240. The van der Waals surface area contributed by atoms with E-state index in [-0.39, 0.29) is 19.1 Å². The van der Waals surface area contributed by atoms with E-state index < -0.39 is 17.9 Å². The Hall–Kier alpha value is -3.29. The van der Waals surface area contributed by atoms with E-state index >= 15 is 0 Å². The van der Waals surface area contributed by atoms with E-state index in [4.69, 9.17) is 37.2 Å². The number of ether oxygens (including phenoxy) is 2. The Morgan fingerprint density at radius 3 is 2.36 bits per heavy atom. The van der Waals surface area contributed by atoms with Gasteiger partial charge in [0.2, 0.25) is 5.91 Å². The second kappa shape index (κ2) is 12.6. The third kappa shape index (κ3) is 6.89. The topological polar surface area (TPSA) is 90.7 Å². The van der Waals surface area contributed by atoms with Crippen molar-refractivity contribution in [3.8, 4) is 17.0 Å². The molecule has 7 nitrogen and oxygen atoms in total. The summed E-state index contributed by atoms with van der Waals surface area (Å²) < 4.78 is 16.5. The summed E-state index contributed by atoms with van der Waals surface area (Å²) in [5, 5.41) is 7.75. The van der Waals surface area contributed by atoms with Crippen molar-refractivity contribution in [2.24, 2.45) is 0 Å². The van der Waals surface area contributed by atoms with Gasteiger partial charge in [0.25, 0.3) is 0 Å². The fraction of sp³-hybridized carbons (Fsp3) is 0.296. The first-order valence-electron chi connectivity index (χ1n) is 11.5. The molecular weight excluding hydrogens is 503 g/mol. The Balaban J connectivity index is 1.69. The lowest BCUT2D eigenvalue weighted by atomic mass is 10.0. The Morgan fingerprint density at radius 1 is 1.08 bits per heavy atom. The number of halogens is 2. The highest BCUT2D eigenvalue weighted by atomic mass is 35.5. The highest BCUT2D eigenvalue weighted by Crippen LogP contribution is 2.38. The summed E-state index contributed by atoms with van der Waals surface area (Å²) in [4.78, 5) is 23.7. The van der Waals surface area contributed by atoms with Gasteiger partial charge in [0, 0.05) is 17.6 Å². The molecule has 9 heteroatoms. The number of esters is 1. The molecule has 0 bridgehead atoms. The normalized spacial score (nSPS) is 12.1. The molecule has 3 rings (SSSR count). The number of nitrogens with zero attached hydrogens (tertiary/aromatic N) is 1. The number of aromatic nitrogens is 1. The minimum atomic E-state index is -0.725. The van der Waals surface area contributed by atoms with Crippen LogP contribution in [0, 0.1) is 0 Å². The second-order valence-electron chi connectivity index (χ2n) is 8.30. The maximum Gasteiger partial charge on any atom is 0.328 e. The molecule has 190 valence electrons. The van der Waals surface area contributed by atoms with Crippen molar-refractivity contribution in [2.45, 2.75) is 46.3 Å². The summed E-state index contributed by atoms with van der Waals surface area (Å²) in [5.74, 6) is 0.532. The molecule has 0 saturated carbocycles. The van der Waals surface area contributed by atoms with E-state index in [1.807, 2.05) is 26.0 Å². The van der Waals surface area contributed by atoms with Crippen LogP contribution in [0.1, 0.15) is 50.5 Å². The minimum Gasteiger partial charge on any atom is -0.489 e. The van der Waals surface area contributed by atoms with Crippen molar-refractivity contribution in [3.63, 3.8) is 0 Å². The van der Waals surface area contributed by atoms with E-state index in [0.29, 0.717) is 32.8 Å². The monoisotopic (exact) mass is 530 g/mol. The molecule has 1 atom stereocenters. The summed E-state index contributed by atoms with van der Waals surface area (Å²) in [6.45, 7) is 7.76. The van der Waals surface area contributed by atoms with Gasteiger partial charge in [-0.25, -0.2) is 4.79 Å². The van der Waals surface area contributed by atoms with Crippen LogP contribution in [0.5, 0.6) is 5.75 Å². The lowest BCUT2D eigenvalue weighted by Gasteiger charge is -2.11. The van der Waals surface area contributed by atoms with Crippen LogP contribution in [0.2, 0.25) is 10.0 Å². The lowest BCUT2D eigenvalue weighted by molar-refractivity contribution is -0.146. The van der Waals surface area contributed by atoms with Crippen LogP contribution >= 0.6 is 23.2 Å². The minimum absolute atomic E-state index is 0.0799. The molecule has 1 heterocycles. The van der Waals surface area contributed by atoms with Gasteiger partial charge in [-0.05, 0) is 49.8 Å². The average Bonchev–Trinajstić information content (AvgIpc) is 3.26. The van der Waals surface area contributed by atoms with E-state index in [9.17, 15) is 9.59 Å². The Morgan fingerprint density at radius 2 is 1.75 bits per heavy atom. The maximum absolute atomic E-state index is 12.1. The zero-order valence-electron chi connectivity index (χ0n) is 20.5. The Bertz CT molecular complexity index is 1220. The highest BCUT2D eigenvalue weighted by Gasteiger charge is 2.23. The second-order valence-corrected chi connectivity index (χ2v) is 9.11. The zero-order valence-corrected chi connectivity index (χ0v) is 22.0. The van der Waals surface area contributed by atoms with Gasteiger partial charge < -0.3 is 19.3 Å². The summed E-state index contributed by atoms with van der Waals surface area (Å²) in [5.41, 5.74) is 2.72. The molecule has 0 spiro atoms.